The number of hydrogen-bond acceptors (Lipinski definition) is 7. The highest BCUT2D eigenvalue weighted by Gasteiger charge is 2.62. The number of ether oxygens (including phenoxy) is 1. The van der Waals surface area contributed by atoms with Gasteiger partial charge in [-0.15, -0.1) is 0 Å². The number of rotatable bonds is 4. The smallest absolute Gasteiger partial charge is 0.328 e. The van der Waals surface area contributed by atoms with Gasteiger partial charge in [-0.25, -0.2) is 4.79 Å². The second kappa shape index (κ2) is 8.98. The Morgan fingerprint density at radius 2 is 1.92 bits per heavy atom. The van der Waals surface area contributed by atoms with E-state index in [0.29, 0.717) is 23.5 Å². The van der Waals surface area contributed by atoms with Gasteiger partial charge in [0.1, 0.15) is 11.8 Å². The van der Waals surface area contributed by atoms with Crippen molar-refractivity contribution in [1.82, 2.24) is 4.90 Å². The fraction of sp³-hybridized carbons (Fsp3) is 0.750. The number of carbonyl (C=O) groups excluding carboxylic acids is 2. The predicted molar refractivity (Wildman–Crippen MR) is 134 cm³/mol. The summed E-state index contributed by atoms with van der Waals surface area (Å²) in [4.78, 5) is 31.3. The Kier molecular flexibility index (Phi) is 6.35. The first-order chi connectivity index (χ1) is 17.0. The minimum atomic E-state index is -0.790. The lowest BCUT2D eigenvalue weighted by Gasteiger charge is -2.58. The third kappa shape index (κ3) is 3.92. The van der Waals surface area contributed by atoms with E-state index >= 15 is 0 Å². The molecule has 0 aromatic carbocycles. The molecule has 0 unspecified atom stereocenters. The fourth-order valence-electron chi connectivity index (χ4n) is 8.20. The van der Waals surface area contributed by atoms with Crippen LogP contribution in [0, 0.1) is 28.6 Å². The summed E-state index contributed by atoms with van der Waals surface area (Å²) in [5.74, 6) is 0.810. The second-order valence-electron chi connectivity index (χ2n) is 12.2. The van der Waals surface area contributed by atoms with Crippen molar-refractivity contribution in [3.05, 3.63) is 23.8 Å². The molecule has 1 heterocycles. The highest BCUT2D eigenvalue weighted by Crippen LogP contribution is 2.66. The maximum atomic E-state index is 12.6. The lowest BCUT2D eigenvalue weighted by molar-refractivity contribution is -0.152. The molecule has 0 radical (unpaired) electrons. The van der Waals surface area contributed by atoms with Gasteiger partial charge >= 0.3 is 5.97 Å². The van der Waals surface area contributed by atoms with Gasteiger partial charge in [0.15, 0.2) is 6.61 Å². The summed E-state index contributed by atoms with van der Waals surface area (Å²) in [7, 11) is 1.27. The number of aliphatic hydroxyl groups excluding tert-OH is 1. The average Bonchev–Trinajstić information content (AvgIpc) is 3.35. The Hall–Kier alpha value is -2.19. The highest BCUT2D eigenvalue weighted by atomic mass is 16.6. The molecule has 2 N–H and O–H groups in total. The molecule has 8 atom stereocenters. The van der Waals surface area contributed by atoms with Crippen molar-refractivity contribution in [3.8, 4) is 0 Å². The van der Waals surface area contributed by atoms with E-state index in [4.69, 9.17) is 9.57 Å². The van der Waals surface area contributed by atoms with Gasteiger partial charge in [-0.3, -0.25) is 4.79 Å². The van der Waals surface area contributed by atoms with Gasteiger partial charge in [0, 0.05) is 18.4 Å². The van der Waals surface area contributed by atoms with Crippen LogP contribution in [0.4, 0.5) is 0 Å². The first-order valence-corrected chi connectivity index (χ1v) is 13.4. The number of methoxy groups -OCH3 is 1. The molecule has 1 aliphatic heterocycles. The van der Waals surface area contributed by atoms with Crippen LogP contribution >= 0.6 is 0 Å². The van der Waals surface area contributed by atoms with E-state index in [2.05, 4.69) is 31.2 Å². The van der Waals surface area contributed by atoms with Crippen molar-refractivity contribution in [2.24, 2.45) is 33.7 Å². The summed E-state index contributed by atoms with van der Waals surface area (Å²) in [6, 6.07) is -0.790. The second-order valence-corrected chi connectivity index (χ2v) is 12.2. The summed E-state index contributed by atoms with van der Waals surface area (Å²) in [5.41, 5.74) is 1.47. The van der Waals surface area contributed by atoms with Gasteiger partial charge in [0.05, 0.1) is 18.8 Å². The minimum absolute atomic E-state index is 0.00931. The summed E-state index contributed by atoms with van der Waals surface area (Å²) < 4.78 is 4.76. The SMILES string of the molecule is COC(=O)[C@H]1C[C@H](O)CN1C(=O)CO/N=C1/C=C[C@@]2(C)C(=C1)CC[C@@H]1[C@@H]2CC[C@@]2(C)[C@H]1CC[C@]2(C)O. The number of aliphatic hydroxyl groups is 2. The zero-order valence-electron chi connectivity index (χ0n) is 21.9. The Balaban J connectivity index is 1.24. The van der Waals surface area contributed by atoms with Crippen molar-refractivity contribution in [2.45, 2.75) is 83.5 Å². The molecule has 0 aromatic heterocycles. The van der Waals surface area contributed by atoms with E-state index in [1.54, 1.807) is 0 Å². The lowest BCUT2D eigenvalue weighted by Crippen LogP contribution is -2.53. The van der Waals surface area contributed by atoms with E-state index in [9.17, 15) is 19.8 Å². The van der Waals surface area contributed by atoms with E-state index in [0.717, 1.165) is 38.5 Å². The number of amides is 1. The van der Waals surface area contributed by atoms with Gasteiger partial charge in [0.25, 0.3) is 5.91 Å². The van der Waals surface area contributed by atoms with Crippen LogP contribution in [0.2, 0.25) is 0 Å². The molecule has 1 amide bonds. The number of esters is 1. The largest absolute Gasteiger partial charge is 0.467 e. The lowest BCUT2D eigenvalue weighted by atomic mass is 9.47. The normalized spacial score (nSPS) is 44.5. The zero-order valence-corrected chi connectivity index (χ0v) is 21.9. The molecule has 4 fully saturated rings. The number of carbonyl (C=O) groups is 2. The highest BCUT2D eigenvalue weighted by molar-refractivity contribution is 6.05. The van der Waals surface area contributed by atoms with E-state index in [-0.39, 0.29) is 30.4 Å². The number of fused-ring (bicyclic) bond motifs is 5. The molecule has 8 nitrogen and oxygen atoms in total. The number of nitrogens with zero attached hydrogens (tertiary/aromatic N) is 2. The van der Waals surface area contributed by atoms with Crippen LogP contribution in [0.3, 0.4) is 0 Å². The molecule has 8 heteroatoms. The summed E-state index contributed by atoms with van der Waals surface area (Å²) >= 11 is 0. The van der Waals surface area contributed by atoms with Crippen molar-refractivity contribution in [3.63, 3.8) is 0 Å². The third-order valence-corrected chi connectivity index (χ3v) is 10.6. The van der Waals surface area contributed by atoms with Crippen molar-refractivity contribution < 1.29 is 29.4 Å². The van der Waals surface area contributed by atoms with Crippen LogP contribution in [-0.4, -0.2) is 70.7 Å². The van der Waals surface area contributed by atoms with Crippen molar-refractivity contribution in [2.75, 3.05) is 20.3 Å². The van der Waals surface area contributed by atoms with Gasteiger partial charge in [-0.05, 0) is 80.8 Å². The van der Waals surface area contributed by atoms with Crippen molar-refractivity contribution >= 4 is 17.6 Å². The molecular formula is C28H40N2O6. The zero-order chi connectivity index (χ0) is 25.9. The van der Waals surface area contributed by atoms with Crippen LogP contribution in [0.15, 0.2) is 29.0 Å². The maximum Gasteiger partial charge on any atom is 0.328 e. The molecule has 5 rings (SSSR count). The first-order valence-electron chi connectivity index (χ1n) is 13.4. The maximum absolute atomic E-state index is 12.6. The standard InChI is InChI=1S/C28H40N2O6/c1-26-10-7-18(29-36-16-24(32)30-15-19(31)14-23(30)25(33)35-4)13-17(26)5-6-20-21(26)8-11-27(2)22(20)9-12-28(27,3)34/h7,10,13,19-23,31,34H,5-6,8-9,11-12,14-16H2,1-4H3/b29-18-/t19-,20+,21-,22-,23+,26-,27-,28-/m0/s1. The van der Waals surface area contributed by atoms with Gasteiger partial charge in [-0.1, -0.05) is 30.7 Å². The van der Waals surface area contributed by atoms with E-state index < -0.39 is 29.6 Å². The van der Waals surface area contributed by atoms with E-state index in [1.165, 1.54) is 17.6 Å². The quantitative estimate of drug-likeness (QED) is 0.454. The molecule has 0 spiro atoms. The first kappa shape index (κ1) is 25.5. The van der Waals surface area contributed by atoms with Crippen LogP contribution in [-0.2, 0) is 19.2 Å². The predicted octanol–water partition coefficient (Wildman–Crippen LogP) is 2.98. The topological polar surface area (TPSA) is 109 Å². The number of likely N-dealkylation sites (tertiary alicyclic amines) is 1. The van der Waals surface area contributed by atoms with Crippen LogP contribution in [0.5, 0.6) is 0 Å². The molecule has 4 aliphatic carbocycles. The van der Waals surface area contributed by atoms with Crippen LogP contribution in [0.25, 0.3) is 0 Å². The molecule has 36 heavy (non-hydrogen) atoms. The minimum Gasteiger partial charge on any atom is -0.467 e. The summed E-state index contributed by atoms with van der Waals surface area (Å²) in [6.07, 6.45) is 12.1. The number of oxime groups is 1. The Bertz CT molecular complexity index is 1020. The molecule has 0 bridgehead atoms. The average molecular weight is 501 g/mol. The van der Waals surface area contributed by atoms with Gasteiger partial charge in [-0.2, -0.15) is 0 Å². The van der Waals surface area contributed by atoms with Crippen LogP contribution < -0.4 is 0 Å². The fourth-order valence-corrected chi connectivity index (χ4v) is 8.20. The molecule has 3 saturated carbocycles. The van der Waals surface area contributed by atoms with Crippen molar-refractivity contribution in [1.29, 1.82) is 0 Å². The molecular weight excluding hydrogens is 460 g/mol. The van der Waals surface area contributed by atoms with Gasteiger partial charge < -0.3 is 24.7 Å². The third-order valence-electron chi connectivity index (χ3n) is 10.6. The Morgan fingerprint density at radius 3 is 2.67 bits per heavy atom. The number of allylic oxidation sites excluding steroid dienone is 4. The summed E-state index contributed by atoms with van der Waals surface area (Å²) in [5, 5.41) is 25.2. The Morgan fingerprint density at radius 1 is 1.17 bits per heavy atom. The molecule has 5 aliphatic rings. The van der Waals surface area contributed by atoms with E-state index in [1.807, 2.05) is 13.0 Å². The monoisotopic (exact) mass is 500 g/mol. The Labute approximate surface area is 213 Å². The number of β-amino-alcohol motifs (C(OH)–C–C–N with tert-alkyl or cyclic N) is 1. The molecule has 0 aromatic rings. The van der Waals surface area contributed by atoms with Gasteiger partial charge in [0.2, 0.25) is 0 Å². The van der Waals surface area contributed by atoms with Crippen LogP contribution in [0.1, 0.15) is 65.7 Å². The molecule has 198 valence electrons. The number of hydrogen-bond donors (Lipinski definition) is 2. The summed E-state index contributed by atoms with van der Waals surface area (Å²) in [6.45, 7) is 6.47. The molecule has 1 saturated heterocycles.